The van der Waals surface area contributed by atoms with E-state index in [9.17, 15) is 19.2 Å². The monoisotopic (exact) mass is 612 g/mol. The first-order chi connectivity index (χ1) is 18.9. The van der Waals surface area contributed by atoms with E-state index in [4.69, 9.17) is 19.0 Å². The van der Waals surface area contributed by atoms with Crippen LogP contribution in [0.15, 0.2) is 38.0 Å². The van der Waals surface area contributed by atoms with Gasteiger partial charge in [-0.1, -0.05) is 16.9 Å². The molecule has 14 nitrogen and oxygen atoms in total. The highest BCUT2D eigenvalue weighted by atomic mass is 32.2. The van der Waals surface area contributed by atoms with E-state index in [0.29, 0.717) is 27.1 Å². The molecule has 3 unspecified atom stereocenters. The van der Waals surface area contributed by atoms with Crippen molar-refractivity contribution in [2.45, 2.75) is 34.9 Å². The maximum absolute atomic E-state index is 13.3. The number of cyclic esters (lactones) is 2. The first-order valence-corrected chi connectivity index (χ1v) is 15.0. The molecule has 2 amide bonds. The van der Waals surface area contributed by atoms with Crippen molar-refractivity contribution in [1.82, 2.24) is 24.6 Å². The second kappa shape index (κ2) is 11.9. The predicted octanol–water partition coefficient (Wildman–Crippen LogP) is 1.26. The Morgan fingerprint density at radius 3 is 2.82 bits per heavy atom. The first kappa shape index (κ1) is 27.4. The zero-order valence-corrected chi connectivity index (χ0v) is 23.6. The van der Waals surface area contributed by atoms with Gasteiger partial charge >= 0.3 is 12.1 Å². The molecule has 0 radical (unpaired) electrons. The molecule has 5 rings (SSSR count). The summed E-state index contributed by atoms with van der Waals surface area (Å²) in [6.07, 6.45) is -0.755. The van der Waals surface area contributed by atoms with E-state index in [2.05, 4.69) is 24.8 Å². The van der Waals surface area contributed by atoms with Crippen LogP contribution < -0.4 is 5.32 Å². The Labute approximate surface area is 237 Å². The normalized spacial score (nSPS) is 24.5. The Morgan fingerprint density at radius 1 is 1.31 bits per heavy atom. The lowest BCUT2D eigenvalue weighted by molar-refractivity contribution is -0.153. The van der Waals surface area contributed by atoms with Crippen LogP contribution >= 0.6 is 46.4 Å². The number of rotatable bonds is 10. The number of amides is 2. The molecular formula is C21H20N6O8S4. The molecule has 2 saturated heterocycles. The van der Waals surface area contributed by atoms with Crippen molar-refractivity contribution in [3.63, 3.8) is 0 Å². The van der Waals surface area contributed by atoms with Gasteiger partial charge < -0.3 is 24.4 Å². The van der Waals surface area contributed by atoms with Gasteiger partial charge in [0.15, 0.2) is 16.2 Å². The van der Waals surface area contributed by atoms with Gasteiger partial charge in [0, 0.05) is 16.9 Å². The summed E-state index contributed by atoms with van der Waals surface area (Å²) in [5.41, 5.74) is 2.54. The zero-order valence-electron chi connectivity index (χ0n) is 20.3. The first-order valence-electron chi connectivity index (χ1n) is 11.3. The van der Waals surface area contributed by atoms with Gasteiger partial charge in [-0.2, -0.15) is 4.37 Å². The van der Waals surface area contributed by atoms with Gasteiger partial charge in [0.1, 0.15) is 49.0 Å². The molecule has 5 heterocycles. The summed E-state index contributed by atoms with van der Waals surface area (Å²) in [6, 6.07) is -0.910. The summed E-state index contributed by atoms with van der Waals surface area (Å²) >= 11 is 5.28. The number of esters is 1. The zero-order chi connectivity index (χ0) is 27.5. The third-order valence-electron chi connectivity index (χ3n) is 5.74. The highest BCUT2D eigenvalue weighted by molar-refractivity contribution is 8.01. The van der Waals surface area contributed by atoms with Crippen molar-refractivity contribution in [1.29, 1.82) is 0 Å². The van der Waals surface area contributed by atoms with Gasteiger partial charge in [0.25, 0.3) is 11.8 Å². The number of carbonyl (C=O) groups excluding carboxylic acids is 4. The van der Waals surface area contributed by atoms with E-state index in [1.54, 1.807) is 17.8 Å². The highest BCUT2D eigenvalue weighted by Crippen LogP contribution is 2.42. The molecule has 0 aliphatic carbocycles. The van der Waals surface area contributed by atoms with Crippen LogP contribution in [0, 0.1) is 0 Å². The van der Waals surface area contributed by atoms with Gasteiger partial charge in [-0.3, -0.25) is 14.5 Å². The molecule has 0 bridgehead atoms. The minimum absolute atomic E-state index is 0.0717. The Bertz CT molecular complexity index is 1320. The van der Waals surface area contributed by atoms with Crippen molar-refractivity contribution in [3.8, 4) is 0 Å². The molecule has 3 aliphatic heterocycles. The van der Waals surface area contributed by atoms with E-state index in [1.165, 1.54) is 64.7 Å². The van der Waals surface area contributed by atoms with Crippen molar-refractivity contribution in [2.24, 2.45) is 5.16 Å². The number of nitrogens with zero attached hydrogens (tertiary/aromatic N) is 5. The topological polar surface area (TPSA) is 171 Å². The molecule has 2 aromatic rings. The summed E-state index contributed by atoms with van der Waals surface area (Å²) in [7, 11) is 1.30. The third-order valence-corrected chi connectivity index (χ3v) is 9.55. The van der Waals surface area contributed by atoms with Crippen molar-refractivity contribution >= 4 is 76.0 Å². The fourth-order valence-electron chi connectivity index (χ4n) is 3.86. The van der Waals surface area contributed by atoms with Crippen molar-refractivity contribution in [3.05, 3.63) is 34.2 Å². The molecule has 1 N–H and O–H groups in total. The molecule has 0 aromatic carbocycles. The van der Waals surface area contributed by atoms with E-state index in [-0.39, 0.29) is 18.0 Å². The smallest absolute Gasteiger partial charge is 0.457 e. The Balaban J connectivity index is 1.32. The SMILES string of the molecule is CO/N=C(\C(=O)NC1C(=O)N2C(C(=O)OCC3OC(=O)OC3C)=C(CSc3ncns3)CS[C@@H]12)c1cscn1. The standard InChI is InChI=1S/C21H20N6O8S4/c1-9-12(35-21(31)34-9)3-33-19(30)15-10(5-38-20-22-7-24-39-20)4-37-18-14(17(29)27(15)18)25-16(28)13(26-32-2)11-6-36-8-23-11/h6-9,12,14,18H,3-5H2,1-2H3,(H,25,28)/b26-13-/t9?,12?,14?,18-/m0/s1. The third kappa shape index (κ3) is 5.73. The Morgan fingerprint density at radius 2 is 2.15 bits per heavy atom. The second-order valence-corrected chi connectivity index (χ2v) is 12.0. The minimum Gasteiger partial charge on any atom is -0.457 e. The lowest BCUT2D eigenvalue weighted by Gasteiger charge is -2.49. The molecule has 0 saturated carbocycles. The fourth-order valence-corrected chi connectivity index (χ4v) is 7.33. The average Bonchev–Trinajstić information content (AvgIpc) is 3.70. The molecule has 2 aromatic heterocycles. The molecule has 206 valence electrons. The van der Waals surface area contributed by atoms with Crippen LogP contribution in [0.5, 0.6) is 0 Å². The number of nitrogens with one attached hydrogen (secondary N) is 1. The quantitative estimate of drug-likeness (QED) is 0.134. The molecule has 2 fully saturated rings. The number of hydrogen-bond acceptors (Lipinski definition) is 16. The van der Waals surface area contributed by atoms with E-state index in [1.807, 2.05) is 0 Å². The maximum Gasteiger partial charge on any atom is 0.509 e. The van der Waals surface area contributed by atoms with Crippen LogP contribution in [-0.2, 0) is 33.4 Å². The molecule has 4 atom stereocenters. The number of thiazole rings is 1. The summed E-state index contributed by atoms with van der Waals surface area (Å²) in [5.74, 6) is -1.09. The molecule has 39 heavy (non-hydrogen) atoms. The van der Waals surface area contributed by atoms with Crippen LogP contribution in [-0.4, -0.2) is 97.7 Å². The maximum atomic E-state index is 13.3. The Kier molecular flexibility index (Phi) is 8.34. The van der Waals surface area contributed by atoms with Crippen LogP contribution in [0.3, 0.4) is 0 Å². The van der Waals surface area contributed by atoms with Crippen molar-refractivity contribution < 1.29 is 38.2 Å². The predicted molar refractivity (Wildman–Crippen MR) is 140 cm³/mol. The van der Waals surface area contributed by atoms with Gasteiger partial charge in [-0.05, 0) is 24.0 Å². The number of fused-ring (bicyclic) bond motifs is 1. The van der Waals surface area contributed by atoms with E-state index in [0.717, 1.165) is 0 Å². The molecular weight excluding hydrogens is 593 g/mol. The molecule has 0 spiro atoms. The van der Waals surface area contributed by atoms with E-state index < -0.39 is 47.6 Å². The van der Waals surface area contributed by atoms with Gasteiger partial charge in [-0.15, -0.1) is 23.1 Å². The summed E-state index contributed by atoms with van der Waals surface area (Å²) in [4.78, 5) is 65.3. The number of hydrogen-bond donors (Lipinski definition) is 1. The number of oxime groups is 1. The summed E-state index contributed by atoms with van der Waals surface area (Å²) < 4.78 is 20.1. The average molecular weight is 613 g/mol. The van der Waals surface area contributed by atoms with E-state index >= 15 is 0 Å². The summed E-state index contributed by atoms with van der Waals surface area (Å²) in [6.45, 7) is 1.38. The Hall–Kier alpha value is -3.22. The fraction of sp³-hybridized carbons (Fsp3) is 0.429. The van der Waals surface area contributed by atoms with Crippen LogP contribution in [0.4, 0.5) is 4.79 Å². The molecule has 3 aliphatic rings. The summed E-state index contributed by atoms with van der Waals surface area (Å²) in [5, 5.41) is 7.53. The highest BCUT2D eigenvalue weighted by Gasteiger charge is 2.55. The van der Waals surface area contributed by atoms with Crippen molar-refractivity contribution in [2.75, 3.05) is 25.2 Å². The number of thioether (sulfide) groups is 2. The second-order valence-electron chi connectivity index (χ2n) is 8.13. The number of ether oxygens (including phenoxy) is 3. The van der Waals surface area contributed by atoms with Crippen LogP contribution in [0.25, 0.3) is 0 Å². The number of carbonyl (C=O) groups is 4. The number of β-lactam (4-membered cyclic amide) rings is 1. The molecule has 18 heteroatoms. The number of aromatic nitrogens is 3. The van der Waals surface area contributed by atoms with Gasteiger partial charge in [0.2, 0.25) is 0 Å². The van der Waals surface area contributed by atoms with Crippen LogP contribution in [0.1, 0.15) is 12.6 Å². The van der Waals surface area contributed by atoms with Gasteiger partial charge in [-0.25, -0.2) is 19.6 Å². The largest absolute Gasteiger partial charge is 0.509 e. The lowest BCUT2D eigenvalue weighted by atomic mass is 10.0. The van der Waals surface area contributed by atoms with Gasteiger partial charge in [0.05, 0.1) is 5.51 Å². The lowest BCUT2D eigenvalue weighted by Crippen LogP contribution is -2.71. The minimum atomic E-state index is -0.910. The van der Waals surface area contributed by atoms with Crippen LogP contribution in [0.2, 0.25) is 0 Å².